The number of hydrogen-bond acceptors (Lipinski definition) is 3. The van der Waals surface area contributed by atoms with E-state index in [2.05, 4.69) is 0 Å². The second kappa shape index (κ2) is 6.74. The van der Waals surface area contributed by atoms with Gasteiger partial charge in [0.15, 0.2) is 6.29 Å². The molecule has 0 N–H and O–H groups in total. The average molecular weight is 198 g/mol. The first-order valence-electron chi connectivity index (χ1n) is 5.26. The van der Waals surface area contributed by atoms with Crippen molar-refractivity contribution < 1.29 is 14.3 Å². The molecule has 0 aromatic rings. The number of carbonyl (C=O) groups excluding carboxylic acids is 1. The highest BCUT2D eigenvalue weighted by atomic mass is 16.7. The lowest BCUT2D eigenvalue weighted by atomic mass is 10.2. The molecule has 80 valence electrons. The molecule has 3 heteroatoms. The summed E-state index contributed by atoms with van der Waals surface area (Å²) in [6.07, 6.45) is 8.08. The predicted molar refractivity (Wildman–Crippen MR) is 54.0 cm³/mol. The first kappa shape index (κ1) is 11.4. The Bertz CT molecular complexity index is 183. The average Bonchev–Trinajstić information content (AvgIpc) is 2.25. The molecule has 0 amide bonds. The lowest BCUT2D eigenvalue weighted by molar-refractivity contribution is -0.178. The van der Waals surface area contributed by atoms with Crippen LogP contribution >= 0.6 is 0 Å². The summed E-state index contributed by atoms with van der Waals surface area (Å²) in [5.41, 5.74) is 0. The molecule has 1 heterocycles. The number of allylic oxidation sites excluding steroid dienone is 1. The highest BCUT2D eigenvalue weighted by Gasteiger charge is 2.16. The van der Waals surface area contributed by atoms with Gasteiger partial charge in [0.05, 0.1) is 6.10 Å². The Kier molecular flexibility index (Phi) is 5.49. The smallest absolute Gasteiger partial charge is 0.158 e. The van der Waals surface area contributed by atoms with Gasteiger partial charge in [0.1, 0.15) is 6.29 Å². The summed E-state index contributed by atoms with van der Waals surface area (Å²) in [4.78, 5) is 10.1. The van der Waals surface area contributed by atoms with Crippen LogP contribution in [0, 0.1) is 0 Å². The molecule has 0 aliphatic carbocycles. The summed E-state index contributed by atoms with van der Waals surface area (Å²) in [5, 5.41) is 0. The molecule has 0 aromatic carbocycles. The molecule has 0 aromatic heterocycles. The molecule has 3 nitrogen and oxygen atoms in total. The molecule has 0 bridgehead atoms. The molecule has 0 spiro atoms. The van der Waals surface area contributed by atoms with Crippen LogP contribution in [0.15, 0.2) is 12.2 Å². The van der Waals surface area contributed by atoms with Gasteiger partial charge in [-0.25, -0.2) is 0 Å². The molecule has 14 heavy (non-hydrogen) atoms. The van der Waals surface area contributed by atoms with Gasteiger partial charge < -0.3 is 9.47 Å². The van der Waals surface area contributed by atoms with Crippen molar-refractivity contribution in [2.24, 2.45) is 0 Å². The van der Waals surface area contributed by atoms with Gasteiger partial charge in [-0.1, -0.05) is 13.0 Å². The van der Waals surface area contributed by atoms with Crippen LogP contribution in [0.3, 0.4) is 0 Å². The molecular formula is C11H18O3. The maximum Gasteiger partial charge on any atom is 0.158 e. The van der Waals surface area contributed by atoms with Crippen molar-refractivity contribution in [2.45, 2.75) is 45.0 Å². The number of aldehydes is 1. The third-order valence-electron chi connectivity index (χ3n) is 2.27. The topological polar surface area (TPSA) is 35.5 Å². The van der Waals surface area contributed by atoms with Gasteiger partial charge >= 0.3 is 0 Å². The van der Waals surface area contributed by atoms with Crippen molar-refractivity contribution in [3.05, 3.63) is 12.2 Å². The molecule has 1 saturated heterocycles. The van der Waals surface area contributed by atoms with E-state index < -0.39 is 0 Å². The fourth-order valence-corrected chi connectivity index (χ4v) is 1.46. The Morgan fingerprint density at radius 1 is 1.57 bits per heavy atom. The molecule has 1 fully saturated rings. The summed E-state index contributed by atoms with van der Waals surface area (Å²) in [5.74, 6) is 0. The fraction of sp³-hybridized carbons (Fsp3) is 0.727. The van der Waals surface area contributed by atoms with E-state index in [0.29, 0.717) is 0 Å². The van der Waals surface area contributed by atoms with Crippen LogP contribution < -0.4 is 0 Å². The van der Waals surface area contributed by atoms with Crippen LogP contribution in [0.25, 0.3) is 0 Å². The Morgan fingerprint density at radius 2 is 2.43 bits per heavy atom. The van der Waals surface area contributed by atoms with E-state index >= 15 is 0 Å². The van der Waals surface area contributed by atoms with Gasteiger partial charge in [-0.15, -0.1) is 0 Å². The zero-order chi connectivity index (χ0) is 10.2. The summed E-state index contributed by atoms with van der Waals surface area (Å²) in [6.45, 7) is 2.82. The molecule has 2 atom stereocenters. The summed E-state index contributed by atoms with van der Waals surface area (Å²) < 4.78 is 11.1. The van der Waals surface area contributed by atoms with Gasteiger partial charge in [-0.05, 0) is 31.8 Å². The number of ether oxygens (including phenoxy) is 2. The monoisotopic (exact) mass is 198 g/mol. The second-order valence-electron chi connectivity index (χ2n) is 3.40. The van der Waals surface area contributed by atoms with Gasteiger partial charge in [0, 0.05) is 6.61 Å². The lowest BCUT2D eigenvalue weighted by Crippen LogP contribution is -2.26. The molecule has 1 aliphatic rings. The zero-order valence-electron chi connectivity index (χ0n) is 8.65. The first-order chi connectivity index (χ1) is 6.86. The summed E-state index contributed by atoms with van der Waals surface area (Å²) >= 11 is 0. The van der Waals surface area contributed by atoms with Crippen LogP contribution in [0.5, 0.6) is 0 Å². The maximum absolute atomic E-state index is 10.1. The van der Waals surface area contributed by atoms with E-state index in [9.17, 15) is 4.79 Å². The van der Waals surface area contributed by atoms with Gasteiger partial charge in [0.25, 0.3) is 0 Å². The maximum atomic E-state index is 10.1. The van der Waals surface area contributed by atoms with Crippen LogP contribution in [-0.2, 0) is 14.3 Å². The quantitative estimate of drug-likeness (QED) is 0.501. The van der Waals surface area contributed by atoms with Crippen molar-refractivity contribution in [1.82, 2.24) is 0 Å². The lowest BCUT2D eigenvalue weighted by Gasteiger charge is -2.25. The van der Waals surface area contributed by atoms with E-state index in [0.717, 1.165) is 32.2 Å². The van der Waals surface area contributed by atoms with Crippen molar-refractivity contribution in [2.75, 3.05) is 6.61 Å². The molecule has 1 rings (SSSR count). The van der Waals surface area contributed by atoms with E-state index in [1.54, 1.807) is 6.08 Å². The largest absolute Gasteiger partial charge is 0.353 e. The van der Waals surface area contributed by atoms with E-state index in [1.165, 1.54) is 12.5 Å². The van der Waals surface area contributed by atoms with Gasteiger partial charge in [0.2, 0.25) is 0 Å². The molecule has 0 saturated carbocycles. The standard InChI is InChI=1S/C11H18O3/c1-2-10(6-5-8-12)14-11-7-3-4-9-13-11/h5-6,8,10-11H,2-4,7,9H2,1H3/b6-5+/t10-,11?/m1/s1. The molecule has 0 radical (unpaired) electrons. The van der Waals surface area contributed by atoms with Crippen LogP contribution in [0.1, 0.15) is 32.6 Å². The third kappa shape index (κ3) is 4.03. The minimum atomic E-state index is -0.0787. The number of rotatable bonds is 5. The van der Waals surface area contributed by atoms with E-state index in [4.69, 9.17) is 9.47 Å². The molecule has 1 unspecified atom stereocenters. The highest BCUT2D eigenvalue weighted by Crippen LogP contribution is 2.16. The SMILES string of the molecule is CC[C@H](/C=C/C=O)OC1CCCCO1. The van der Waals surface area contributed by atoms with Crippen molar-refractivity contribution >= 4 is 6.29 Å². The summed E-state index contributed by atoms with van der Waals surface area (Å²) in [6, 6.07) is 0. The Balaban J connectivity index is 2.30. The molecular weight excluding hydrogens is 180 g/mol. The van der Waals surface area contributed by atoms with Crippen LogP contribution in [0.4, 0.5) is 0 Å². The predicted octanol–water partition coefficient (Wildman–Crippen LogP) is 2.06. The van der Waals surface area contributed by atoms with E-state index in [-0.39, 0.29) is 12.4 Å². The van der Waals surface area contributed by atoms with Crippen molar-refractivity contribution in [1.29, 1.82) is 0 Å². The van der Waals surface area contributed by atoms with Gasteiger partial charge in [-0.2, -0.15) is 0 Å². The summed E-state index contributed by atoms with van der Waals surface area (Å²) in [7, 11) is 0. The second-order valence-corrected chi connectivity index (χ2v) is 3.40. The van der Waals surface area contributed by atoms with Crippen molar-refractivity contribution in [3.63, 3.8) is 0 Å². The normalized spacial score (nSPS) is 25.1. The highest BCUT2D eigenvalue weighted by molar-refractivity contribution is 5.64. The fourth-order valence-electron chi connectivity index (χ4n) is 1.46. The van der Waals surface area contributed by atoms with E-state index in [1.807, 2.05) is 6.92 Å². The Labute approximate surface area is 85.1 Å². The first-order valence-corrected chi connectivity index (χ1v) is 5.26. The Hall–Kier alpha value is -0.670. The Morgan fingerprint density at radius 3 is 3.00 bits per heavy atom. The number of carbonyl (C=O) groups is 1. The van der Waals surface area contributed by atoms with Crippen LogP contribution in [-0.4, -0.2) is 25.3 Å². The zero-order valence-corrected chi connectivity index (χ0v) is 8.65. The minimum absolute atomic E-state index is 0.00306. The van der Waals surface area contributed by atoms with Crippen LogP contribution in [0.2, 0.25) is 0 Å². The van der Waals surface area contributed by atoms with Gasteiger partial charge in [-0.3, -0.25) is 4.79 Å². The number of hydrogen-bond donors (Lipinski definition) is 0. The third-order valence-corrected chi connectivity index (χ3v) is 2.27. The molecule has 1 aliphatic heterocycles. The minimum Gasteiger partial charge on any atom is -0.353 e. The van der Waals surface area contributed by atoms with Crippen molar-refractivity contribution in [3.8, 4) is 0 Å².